The van der Waals surface area contributed by atoms with Gasteiger partial charge in [-0.2, -0.15) is 0 Å². The van der Waals surface area contributed by atoms with Crippen LogP contribution >= 0.6 is 0 Å². The standard InChI is InChI=1S/C27H21FO2.C4H3N3O2/c1-15(2)22-13-18-9-12-21-20-6-4-3-5-17(20)14-23(29)26(21)24(18)25(27(22)30)16-7-10-19(28)11-8-16;8-4(9)3-1-5-2-6-7-3/h3-15,22,25H,1-2H3;1-2H,(H,8,9). The molecule has 3 aromatic carbocycles. The van der Waals surface area contributed by atoms with E-state index in [1.54, 1.807) is 18.2 Å². The molecule has 8 heteroatoms. The second-order valence-corrected chi connectivity index (χ2v) is 9.71. The van der Waals surface area contributed by atoms with Crippen LogP contribution in [0.15, 0.2) is 73.2 Å². The lowest BCUT2D eigenvalue weighted by atomic mass is 9.71. The molecule has 0 saturated carbocycles. The topological polar surface area (TPSA) is 110 Å². The van der Waals surface area contributed by atoms with Crippen molar-refractivity contribution in [1.29, 1.82) is 0 Å². The number of hydrogen-bond donors (Lipinski definition) is 1. The van der Waals surface area contributed by atoms with E-state index >= 15 is 0 Å². The van der Waals surface area contributed by atoms with E-state index in [0.29, 0.717) is 5.56 Å². The summed E-state index contributed by atoms with van der Waals surface area (Å²) in [5.74, 6) is -2.19. The molecule has 2 unspecified atom stereocenters. The number of halogens is 1. The number of carboxylic acid groups (broad SMARTS) is 1. The first-order valence-corrected chi connectivity index (χ1v) is 12.4. The zero-order chi connectivity index (χ0) is 27.7. The molecule has 0 amide bonds. The van der Waals surface area contributed by atoms with Gasteiger partial charge in [0.1, 0.15) is 12.1 Å². The summed E-state index contributed by atoms with van der Waals surface area (Å²) < 4.78 is 13.6. The van der Waals surface area contributed by atoms with Crippen molar-refractivity contribution in [3.8, 4) is 0 Å². The number of hydrogen-bond acceptors (Lipinski definition) is 6. The highest BCUT2D eigenvalue weighted by Gasteiger charge is 2.37. The number of Topliss-reactive ketones (excluding diaryl/α,β-unsaturated/α-hetero) is 2. The van der Waals surface area contributed by atoms with Crippen LogP contribution in [0.4, 0.5) is 4.39 Å². The molecule has 2 aliphatic carbocycles. The number of aromatic carboxylic acids is 1. The van der Waals surface area contributed by atoms with Gasteiger partial charge >= 0.3 is 5.97 Å². The second kappa shape index (κ2) is 10.5. The fourth-order valence-corrected chi connectivity index (χ4v) is 5.13. The summed E-state index contributed by atoms with van der Waals surface area (Å²) in [6.45, 7) is 4.05. The number of ketones is 2. The normalized spacial score (nSPS) is 17.0. The highest BCUT2D eigenvalue weighted by Crippen LogP contribution is 2.35. The lowest BCUT2D eigenvalue weighted by molar-refractivity contribution is -0.122. The molecule has 1 aromatic heterocycles. The first-order chi connectivity index (χ1) is 18.8. The molecule has 0 spiro atoms. The fourth-order valence-electron chi connectivity index (χ4n) is 5.13. The predicted octanol–water partition coefficient (Wildman–Crippen LogP) is 3.43. The molecule has 2 atom stereocenters. The van der Waals surface area contributed by atoms with Crippen LogP contribution in [0.5, 0.6) is 0 Å². The molecule has 2 aliphatic rings. The number of fused-ring (bicyclic) bond motifs is 4. The molecule has 7 nitrogen and oxygen atoms in total. The van der Waals surface area contributed by atoms with Crippen LogP contribution in [-0.4, -0.2) is 37.8 Å². The maximum Gasteiger partial charge on any atom is 0.358 e. The summed E-state index contributed by atoms with van der Waals surface area (Å²) in [6, 6.07) is 17.9. The fraction of sp³-hybridized carbons (Fsp3) is 0.161. The van der Waals surface area contributed by atoms with Gasteiger partial charge in [-0.25, -0.2) is 14.2 Å². The van der Waals surface area contributed by atoms with Crippen LogP contribution in [0.3, 0.4) is 0 Å². The van der Waals surface area contributed by atoms with Gasteiger partial charge in [0, 0.05) is 11.5 Å². The number of nitrogens with zero attached hydrogens (tertiary/aromatic N) is 3. The van der Waals surface area contributed by atoms with Crippen molar-refractivity contribution in [2.75, 3.05) is 0 Å². The lowest BCUT2D eigenvalue weighted by Gasteiger charge is -2.30. The predicted molar refractivity (Wildman–Crippen MR) is 141 cm³/mol. The second-order valence-electron chi connectivity index (χ2n) is 9.71. The highest BCUT2D eigenvalue weighted by molar-refractivity contribution is 6.19. The van der Waals surface area contributed by atoms with E-state index in [4.69, 9.17) is 5.11 Å². The quantitative estimate of drug-likeness (QED) is 0.440. The van der Waals surface area contributed by atoms with Crippen molar-refractivity contribution >= 4 is 29.7 Å². The largest absolute Gasteiger partial charge is 0.476 e. The van der Waals surface area contributed by atoms with Crippen LogP contribution in [0.1, 0.15) is 51.7 Å². The third-order valence-corrected chi connectivity index (χ3v) is 6.95. The molecular weight excluding hydrogens is 497 g/mol. The monoisotopic (exact) mass is 521 g/mol. The van der Waals surface area contributed by atoms with Gasteiger partial charge in [0.2, 0.25) is 0 Å². The van der Waals surface area contributed by atoms with E-state index in [0.717, 1.165) is 38.2 Å². The molecule has 1 heterocycles. The van der Waals surface area contributed by atoms with Gasteiger partial charge in [-0.3, -0.25) is 9.59 Å². The van der Waals surface area contributed by atoms with Crippen molar-refractivity contribution < 1.29 is 23.9 Å². The Labute approximate surface area is 222 Å². The van der Waals surface area contributed by atoms with Gasteiger partial charge in [-0.15, -0.1) is 10.2 Å². The summed E-state index contributed by atoms with van der Waals surface area (Å²) in [5.41, 5.74) is 1.92. The van der Waals surface area contributed by atoms with Crippen molar-refractivity contribution in [3.63, 3.8) is 0 Å². The number of carboxylic acids is 1. The molecule has 0 radical (unpaired) electrons. The van der Waals surface area contributed by atoms with Crippen LogP contribution in [0.25, 0.3) is 12.2 Å². The molecule has 1 N–H and O–H groups in total. The smallest absolute Gasteiger partial charge is 0.358 e. The summed E-state index contributed by atoms with van der Waals surface area (Å²) in [4.78, 5) is 40.3. The highest BCUT2D eigenvalue weighted by atomic mass is 19.1. The van der Waals surface area contributed by atoms with E-state index in [1.165, 1.54) is 18.5 Å². The molecular formula is C31H24FN3O4. The zero-order valence-electron chi connectivity index (χ0n) is 21.2. The average molecular weight is 522 g/mol. The van der Waals surface area contributed by atoms with Crippen LogP contribution in [0, 0.1) is 28.1 Å². The van der Waals surface area contributed by atoms with Crippen molar-refractivity contribution in [2.24, 2.45) is 11.8 Å². The SMILES string of the molecule is CC(C)C1C=c2ccc3c(c2C(c2ccc(F)cc2)C1=O)C(=O)C=c1ccccc1=3.O=C(O)c1cncnn1. The van der Waals surface area contributed by atoms with E-state index < -0.39 is 11.9 Å². The minimum absolute atomic E-state index is 0.0594. The Morgan fingerprint density at radius 3 is 2.33 bits per heavy atom. The van der Waals surface area contributed by atoms with Crippen molar-refractivity contribution in [1.82, 2.24) is 15.2 Å². The van der Waals surface area contributed by atoms with E-state index in [1.807, 2.05) is 56.3 Å². The Balaban J connectivity index is 0.000000292. The number of carbonyl (C=O) groups is 3. The summed E-state index contributed by atoms with van der Waals surface area (Å²) in [7, 11) is 0. The van der Waals surface area contributed by atoms with E-state index in [2.05, 4.69) is 15.2 Å². The number of aromatic nitrogens is 3. The Morgan fingerprint density at radius 2 is 1.69 bits per heavy atom. The van der Waals surface area contributed by atoms with E-state index in [9.17, 15) is 18.8 Å². The maximum absolute atomic E-state index is 13.6. The van der Waals surface area contributed by atoms with Gasteiger partial charge in [-0.05, 0) is 56.1 Å². The van der Waals surface area contributed by atoms with Crippen molar-refractivity contribution in [2.45, 2.75) is 19.8 Å². The molecule has 0 fully saturated rings. The van der Waals surface area contributed by atoms with Crippen LogP contribution in [-0.2, 0) is 4.79 Å². The summed E-state index contributed by atoms with van der Waals surface area (Å²) >= 11 is 0. The molecule has 39 heavy (non-hydrogen) atoms. The molecule has 0 saturated heterocycles. The Bertz CT molecular complexity index is 1820. The van der Waals surface area contributed by atoms with Crippen molar-refractivity contribution in [3.05, 3.63) is 122 Å². The average Bonchev–Trinajstić information content (AvgIpc) is 2.94. The molecule has 4 aromatic rings. The first-order valence-electron chi connectivity index (χ1n) is 12.4. The lowest BCUT2D eigenvalue weighted by Crippen LogP contribution is -2.37. The molecule has 0 bridgehead atoms. The van der Waals surface area contributed by atoms with Gasteiger partial charge in [0.25, 0.3) is 0 Å². The Hall–Kier alpha value is -4.85. The number of benzene rings is 3. The third kappa shape index (κ3) is 4.88. The molecule has 194 valence electrons. The van der Waals surface area contributed by atoms with Crippen LogP contribution < -0.4 is 10.4 Å². The van der Waals surface area contributed by atoms with E-state index in [-0.39, 0.29) is 34.9 Å². The minimum Gasteiger partial charge on any atom is -0.476 e. The maximum atomic E-state index is 13.6. The third-order valence-electron chi connectivity index (χ3n) is 6.95. The Kier molecular flexibility index (Phi) is 6.94. The minimum atomic E-state index is -1.12. The van der Waals surface area contributed by atoms with Gasteiger partial charge in [0.15, 0.2) is 17.3 Å². The van der Waals surface area contributed by atoms with Gasteiger partial charge in [-0.1, -0.05) is 68.5 Å². The van der Waals surface area contributed by atoms with Gasteiger partial charge in [0.05, 0.1) is 12.1 Å². The molecule has 6 rings (SSSR count). The summed E-state index contributed by atoms with van der Waals surface area (Å²) in [5, 5.41) is 18.4. The number of carbonyl (C=O) groups excluding carboxylic acids is 2. The van der Waals surface area contributed by atoms with Gasteiger partial charge < -0.3 is 5.11 Å². The molecule has 0 aliphatic heterocycles. The number of rotatable bonds is 3. The summed E-state index contributed by atoms with van der Waals surface area (Å²) in [6.07, 6.45) is 5.96. The van der Waals surface area contributed by atoms with Crippen LogP contribution in [0.2, 0.25) is 0 Å². The Morgan fingerprint density at radius 1 is 0.949 bits per heavy atom. The zero-order valence-corrected chi connectivity index (χ0v) is 21.2. The first kappa shape index (κ1) is 25.8.